The molecule has 0 aliphatic heterocycles. The van der Waals surface area contributed by atoms with E-state index in [0.29, 0.717) is 18.4 Å². The smallest absolute Gasteiger partial charge is 0.240 e. The number of carbonyl (C=O) groups is 1. The molecule has 0 spiro atoms. The van der Waals surface area contributed by atoms with Gasteiger partial charge in [-0.2, -0.15) is 0 Å². The van der Waals surface area contributed by atoms with Crippen LogP contribution in [0, 0.1) is 0 Å². The Morgan fingerprint density at radius 3 is 2.81 bits per heavy atom. The van der Waals surface area contributed by atoms with Crippen molar-refractivity contribution in [3.8, 4) is 0 Å². The van der Waals surface area contributed by atoms with E-state index in [1.165, 1.54) is 12.1 Å². The van der Waals surface area contributed by atoms with Crippen molar-refractivity contribution in [2.24, 2.45) is 0 Å². The van der Waals surface area contributed by atoms with E-state index in [1.807, 2.05) is 0 Å². The standard InChI is InChI=1S/C15H21NO4S/c1-2-15(18)11-5-3-8-14(9-11)21(19,20)16-12-6-4-7-13(17)10-12/h3,5,8-9,12-13,16-17H,2,4,6-7,10H2,1H3. The number of sulfonamides is 1. The zero-order valence-electron chi connectivity index (χ0n) is 12.1. The summed E-state index contributed by atoms with van der Waals surface area (Å²) in [7, 11) is -3.66. The molecule has 1 aliphatic rings. The van der Waals surface area contributed by atoms with Gasteiger partial charge in [0.25, 0.3) is 0 Å². The van der Waals surface area contributed by atoms with Gasteiger partial charge in [0.2, 0.25) is 10.0 Å². The molecular formula is C15H21NO4S. The van der Waals surface area contributed by atoms with Crippen molar-refractivity contribution in [3.63, 3.8) is 0 Å². The first kappa shape index (κ1) is 16.1. The average Bonchev–Trinajstić information content (AvgIpc) is 2.46. The highest BCUT2D eigenvalue weighted by atomic mass is 32.2. The number of hydrogen-bond donors (Lipinski definition) is 2. The van der Waals surface area contributed by atoms with Crippen LogP contribution >= 0.6 is 0 Å². The number of aliphatic hydroxyl groups is 1. The highest BCUT2D eigenvalue weighted by Gasteiger charge is 2.25. The van der Waals surface area contributed by atoms with Gasteiger partial charge >= 0.3 is 0 Å². The van der Waals surface area contributed by atoms with Crippen LogP contribution in [0.15, 0.2) is 29.2 Å². The van der Waals surface area contributed by atoms with Crippen LogP contribution in [0.5, 0.6) is 0 Å². The fourth-order valence-electron chi connectivity index (χ4n) is 2.60. The molecule has 0 heterocycles. The summed E-state index contributed by atoms with van der Waals surface area (Å²) < 4.78 is 27.4. The van der Waals surface area contributed by atoms with Gasteiger partial charge in [0.1, 0.15) is 0 Å². The number of aliphatic hydroxyl groups excluding tert-OH is 1. The monoisotopic (exact) mass is 311 g/mol. The molecule has 116 valence electrons. The van der Waals surface area contributed by atoms with E-state index in [9.17, 15) is 18.3 Å². The van der Waals surface area contributed by atoms with Gasteiger partial charge in [-0.15, -0.1) is 0 Å². The summed E-state index contributed by atoms with van der Waals surface area (Å²) in [6.07, 6.45) is 2.59. The van der Waals surface area contributed by atoms with Crippen molar-refractivity contribution in [1.82, 2.24) is 4.72 Å². The topological polar surface area (TPSA) is 83.5 Å². The van der Waals surface area contributed by atoms with Crippen LogP contribution in [0.1, 0.15) is 49.4 Å². The first-order chi connectivity index (χ1) is 9.92. The SMILES string of the molecule is CCC(=O)c1cccc(S(=O)(=O)NC2CCCC(O)C2)c1. The van der Waals surface area contributed by atoms with E-state index in [4.69, 9.17) is 0 Å². The second-order valence-corrected chi connectivity index (χ2v) is 7.16. The maximum atomic E-state index is 12.4. The van der Waals surface area contributed by atoms with Crippen molar-refractivity contribution < 1.29 is 18.3 Å². The number of ketones is 1. The lowest BCUT2D eigenvalue weighted by Crippen LogP contribution is -2.39. The molecule has 1 aromatic rings. The zero-order valence-corrected chi connectivity index (χ0v) is 12.9. The molecular weight excluding hydrogens is 290 g/mol. The number of carbonyl (C=O) groups excluding carboxylic acids is 1. The van der Waals surface area contributed by atoms with Crippen LogP contribution < -0.4 is 4.72 Å². The molecule has 2 atom stereocenters. The van der Waals surface area contributed by atoms with Crippen molar-refractivity contribution in [2.75, 3.05) is 0 Å². The Labute approximate surface area is 125 Å². The first-order valence-electron chi connectivity index (χ1n) is 7.26. The van der Waals surface area contributed by atoms with Gasteiger partial charge in [0.15, 0.2) is 5.78 Å². The van der Waals surface area contributed by atoms with Gasteiger partial charge in [-0.05, 0) is 37.8 Å². The molecule has 2 N–H and O–H groups in total. The Morgan fingerprint density at radius 2 is 2.14 bits per heavy atom. The molecule has 2 rings (SSSR count). The predicted octanol–water partition coefficient (Wildman–Crippen LogP) is 1.86. The van der Waals surface area contributed by atoms with Crippen LogP contribution in [-0.4, -0.2) is 31.5 Å². The molecule has 1 saturated carbocycles. The molecule has 1 aromatic carbocycles. The second kappa shape index (κ2) is 6.68. The van der Waals surface area contributed by atoms with Gasteiger partial charge in [-0.1, -0.05) is 19.1 Å². The Hall–Kier alpha value is -1.24. The number of benzene rings is 1. The Balaban J connectivity index is 2.17. The summed E-state index contributed by atoms with van der Waals surface area (Å²) in [5.41, 5.74) is 0.407. The lowest BCUT2D eigenvalue weighted by Gasteiger charge is -2.26. The van der Waals surface area contributed by atoms with Crippen molar-refractivity contribution >= 4 is 15.8 Å². The van der Waals surface area contributed by atoms with Gasteiger partial charge in [-0.25, -0.2) is 13.1 Å². The summed E-state index contributed by atoms with van der Waals surface area (Å²) in [4.78, 5) is 11.8. The van der Waals surface area contributed by atoms with E-state index in [2.05, 4.69) is 4.72 Å². The van der Waals surface area contributed by atoms with Crippen molar-refractivity contribution in [3.05, 3.63) is 29.8 Å². The summed E-state index contributed by atoms with van der Waals surface area (Å²) in [5, 5.41) is 9.62. The third-order valence-electron chi connectivity index (χ3n) is 3.76. The van der Waals surface area contributed by atoms with Crippen LogP contribution in [-0.2, 0) is 10.0 Å². The largest absolute Gasteiger partial charge is 0.393 e. The van der Waals surface area contributed by atoms with Gasteiger partial charge in [0, 0.05) is 18.0 Å². The third-order valence-corrected chi connectivity index (χ3v) is 5.27. The molecule has 1 fully saturated rings. The summed E-state index contributed by atoms with van der Waals surface area (Å²) in [6, 6.07) is 5.84. The quantitative estimate of drug-likeness (QED) is 0.813. The summed E-state index contributed by atoms with van der Waals surface area (Å²) in [6.45, 7) is 1.74. The van der Waals surface area contributed by atoms with Crippen LogP contribution in [0.3, 0.4) is 0 Å². The summed E-state index contributed by atoms with van der Waals surface area (Å²) in [5.74, 6) is -0.0832. The highest BCUT2D eigenvalue weighted by Crippen LogP contribution is 2.21. The maximum absolute atomic E-state index is 12.4. The molecule has 0 aromatic heterocycles. The Morgan fingerprint density at radius 1 is 1.38 bits per heavy atom. The van der Waals surface area contributed by atoms with Gasteiger partial charge < -0.3 is 5.11 Å². The lowest BCUT2D eigenvalue weighted by atomic mass is 9.94. The predicted molar refractivity (Wildman–Crippen MR) is 79.6 cm³/mol. The van der Waals surface area contributed by atoms with E-state index < -0.39 is 16.1 Å². The number of nitrogens with one attached hydrogen (secondary N) is 1. The summed E-state index contributed by atoms with van der Waals surface area (Å²) >= 11 is 0. The third kappa shape index (κ3) is 4.12. The van der Waals surface area contributed by atoms with E-state index in [0.717, 1.165) is 19.3 Å². The normalized spacial score (nSPS) is 23.0. The lowest BCUT2D eigenvalue weighted by molar-refractivity contribution is 0.0988. The second-order valence-electron chi connectivity index (χ2n) is 5.44. The molecule has 1 aliphatic carbocycles. The number of hydrogen-bond acceptors (Lipinski definition) is 4. The zero-order chi connectivity index (χ0) is 15.5. The molecule has 0 amide bonds. The van der Waals surface area contributed by atoms with E-state index >= 15 is 0 Å². The Bertz CT molecular complexity index is 612. The minimum atomic E-state index is -3.66. The molecule has 2 unspecified atom stereocenters. The van der Waals surface area contributed by atoms with Crippen molar-refractivity contribution in [2.45, 2.75) is 56.1 Å². The first-order valence-corrected chi connectivity index (χ1v) is 8.74. The van der Waals surface area contributed by atoms with Gasteiger partial charge in [0.05, 0.1) is 11.0 Å². The molecule has 0 bridgehead atoms. The molecule has 21 heavy (non-hydrogen) atoms. The van der Waals surface area contributed by atoms with E-state index in [-0.39, 0.29) is 16.7 Å². The van der Waals surface area contributed by atoms with Crippen molar-refractivity contribution in [1.29, 1.82) is 0 Å². The minimum Gasteiger partial charge on any atom is -0.393 e. The van der Waals surface area contributed by atoms with E-state index in [1.54, 1.807) is 19.1 Å². The fourth-order valence-corrected chi connectivity index (χ4v) is 3.93. The van der Waals surface area contributed by atoms with Gasteiger partial charge in [-0.3, -0.25) is 4.79 Å². The molecule has 0 saturated heterocycles. The maximum Gasteiger partial charge on any atom is 0.240 e. The minimum absolute atomic E-state index is 0.0832. The molecule has 5 nitrogen and oxygen atoms in total. The van der Waals surface area contributed by atoms with Crippen LogP contribution in [0.4, 0.5) is 0 Å². The number of rotatable bonds is 5. The molecule has 0 radical (unpaired) electrons. The average molecular weight is 311 g/mol. The molecule has 6 heteroatoms. The van der Waals surface area contributed by atoms with Crippen LogP contribution in [0.25, 0.3) is 0 Å². The highest BCUT2D eigenvalue weighted by molar-refractivity contribution is 7.89. The Kier molecular flexibility index (Phi) is 5.13. The van der Waals surface area contributed by atoms with Crippen LogP contribution in [0.2, 0.25) is 0 Å². The number of Topliss-reactive ketones (excluding diaryl/α,β-unsaturated/α-hetero) is 1. The fraction of sp³-hybridized carbons (Fsp3) is 0.533.